The number of nitrogens with one attached hydrogen (secondary N) is 1. The van der Waals surface area contributed by atoms with Crippen molar-refractivity contribution in [1.29, 1.82) is 5.26 Å². The molecule has 1 heterocycles. The molecule has 6 nitrogen and oxygen atoms in total. The normalized spacial score (nSPS) is 10.2. The Hall–Kier alpha value is -1.73. The van der Waals surface area contributed by atoms with Gasteiger partial charge in [0.05, 0.1) is 23.0 Å². The highest BCUT2D eigenvalue weighted by atomic mass is 127. The molecule has 0 amide bonds. The van der Waals surface area contributed by atoms with Gasteiger partial charge in [0.25, 0.3) is 5.56 Å². The molecule has 0 atom stereocenters. The molecule has 1 aromatic carbocycles. The monoisotopic (exact) mass is 443 g/mol. The van der Waals surface area contributed by atoms with Gasteiger partial charge in [0.1, 0.15) is 11.6 Å². The molecule has 0 bridgehead atoms. The van der Waals surface area contributed by atoms with Crippen molar-refractivity contribution in [3.8, 4) is 28.8 Å². The molecule has 0 aliphatic rings. The Morgan fingerprint density at radius 3 is 2.78 bits per heavy atom. The molecule has 0 fully saturated rings. The lowest BCUT2D eigenvalue weighted by Crippen LogP contribution is -2.14. The molecule has 0 saturated heterocycles. The second kappa shape index (κ2) is 7.70. The Kier molecular flexibility index (Phi) is 5.90. The van der Waals surface area contributed by atoms with Crippen molar-refractivity contribution in [1.82, 2.24) is 9.97 Å². The number of hydrogen-bond donors (Lipinski definition) is 1. The summed E-state index contributed by atoms with van der Waals surface area (Å²) in [5.74, 6) is 1.17. The Morgan fingerprint density at radius 2 is 2.22 bits per heavy atom. The summed E-state index contributed by atoms with van der Waals surface area (Å²) in [4.78, 5) is 19.0. The summed E-state index contributed by atoms with van der Waals surface area (Å²) in [5, 5.41) is 9.73. The average molecular weight is 443 g/mol. The van der Waals surface area contributed by atoms with Crippen LogP contribution in [0.15, 0.2) is 22.1 Å². The largest absolute Gasteiger partial charge is 0.493 e. The van der Waals surface area contributed by atoms with Crippen LogP contribution in [0.1, 0.15) is 12.5 Å². The highest BCUT2D eigenvalue weighted by Gasteiger charge is 2.18. The van der Waals surface area contributed by atoms with Gasteiger partial charge in [-0.1, -0.05) is 11.8 Å². The molecule has 0 saturated carbocycles. The van der Waals surface area contributed by atoms with Crippen LogP contribution in [0, 0.1) is 14.9 Å². The maximum Gasteiger partial charge on any atom is 0.270 e. The quantitative estimate of drug-likeness (QED) is 0.434. The molecular weight excluding hydrogens is 429 g/mol. The Morgan fingerprint density at radius 1 is 1.48 bits per heavy atom. The summed E-state index contributed by atoms with van der Waals surface area (Å²) in [6.45, 7) is 2.40. The number of thioether (sulfide) groups is 1. The van der Waals surface area contributed by atoms with E-state index in [1.807, 2.05) is 19.1 Å². The number of nitrogens with zero attached hydrogens (tertiary/aromatic N) is 2. The fraction of sp³-hybridized carbons (Fsp3) is 0.267. The minimum Gasteiger partial charge on any atom is -0.493 e. The zero-order valence-corrected chi connectivity index (χ0v) is 15.7. The van der Waals surface area contributed by atoms with E-state index < -0.39 is 5.56 Å². The van der Waals surface area contributed by atoms with Crippen LogP contribution in [0.4, 0.5) is 0 Å². The zero-order chi connectivity index (χ0) is 17.0. The zero-order valence-electron chi connectivity index (χ0n) is 12.8. The van der Waals surface area contributed by atoms with Gasteiger partial charge in [0.2, 0.25) is 0 Å². The lowest BCUT2D eigenvalue weighted by Gasteiger charge is -2.14. The fourth-order valence-corrected chi connectivity index (χ4v) is 3.14. The van der Waals surface area contributed by atoms with E-state index in [2.05, 4.69) is 32.6 Å². The number of methoxy groups -OCH3 is 1. The second-order valence-electron chi connectivity index (χ2n) is 4.33. The smallest absolute Gasteiger partial charge is 0.270 e. The minimum absolute atomic E-state index is 0.0233. The Balaban J connectivity index is 2.72. The summed E-state index contributed by atoms with van der Waals surface area (Å²) >= 11 is 3.43. The predicted molar refractivity (Wildman–Crippen MR) is 97.2 cm³/mol. The van der Waals surface area contributed by atoms with E-state index in [0.29, 0.717) is 34.5 Å². The number of aromatic amines is 1. The summed E-state index contributed by atoms with van der Waals surface area (Å²) in [5.41, 5.74) is 0.488. The van der Waals surface area contributed by atoms with E-state index in [1.54, 1.807) is 19.4 Å². The predicted octanol–water partition coefficient (Wildman–Crippen LogP) is 3.04. The number of ether oxygens (including phenoxy) is 2. The van der Waals surface area contributed by atoms with Gasteiger partial charge in [-0.2, -0.15) is 5.26 Å². The number of hydrogen-bond acceptors (Lipinski definition) is 6. The molecule has 8 heteroatoms. The van der Waals surface area contributed by atoms with Gasteiger partial charge >= 0.3 is 0 Å². The first-order chi connectivity index (χ1) is 11.0. The van der Waals surface area contributed by atoms with E-state index in [-0.39, 0.29) is 5.56 Å². The molecule has 120 valence electrons. The van der Waals surface area contributed by atoms with Crippen molar-refractivity contribution in [2.75, 3.05) is 20.0 Å². The molecule has 23 heavy (non-hydrogen) atoms. The molecule has 0 spiro atoms. The second-order valence-corrected chi connectivity index (χ2v) is 6.29. The van der Waals surface area contributed by atoms with Crippen LogP contribution < -0.4 is 15.0 Å². The van der Waals surface area contributed by atoms with Crippen LogP contribution in [-0.4, -0.2) is 29.9 Å². The topological polar surface area (TPSA) is 88.0 Å². The van der Waals surface area contributed by atoms with Gasteiger partial charge in [-0.3, -0.25) is 4.79 Å². The van der Waals surface area contributed by atoms with Crippen LogP contribution in [0.3, 0.4) is 0 Å². The van der Waals surface area contributed by atoms with Crippen LogP contribution in [0.5, 0.6) is 11.5 Å². The maximum atomic E-state index is 12.0. The first-order valence-electron chi connectivity index (χ1n) is 6.64. The molecule has 0 unspecified atom stereocenters. The highest BCUT2D eigenvalue weighted by molar-refractivity contribution is 14.1. The summed E-state index contributed by atoms with van der Waals surface area (Å²) < 4.78 is 11.8. The maximum absolute atomic E-state index is 12.0. The first kappa shape index (κ1) is 17.6. The third kappa shape index (κ3) is 3.61. The molecular formula is C15H14IN3O3S. The van der Waals surface area contributed by atoms with Crippen molar-refractivity contribution in [3.05, 3.63) is 31.6 Å². The van der Waals surface area contributed by atoms with Crippen molar-refractivity contribution >= 4 is 34.4 Å². The minimum atomic E-state index is -0.454. The van der Waals surface area contributed by atoms with Crippen LogP contribution in [-0.2, 0) is 0 Å². The van der Waals surface area contributed by atoms with E-state index in [4.69, 9.17) is 9.47 Å². The molecule has 1 aromatic heterocycles. The van der Waals surface area contributed by atoms with Gasteiger partial charge < -0.3 is 14.5 Å². The summed E-state index contributed by atoms with van der Waals surface area (Å²) in [6.07, 6.45) is 1.80. The standard InChI is InChI=1S/C15H14IN3O3S/c1-4-22-13-10(16)5-8(6-11(13)21-2)12-9(7-17)14(20)19-15(18-12)23-3/h5-6H,4H2,1-3H3,(H,18,19,20). The molecule has 2 rings (SSSR count). The van der Waals surface area contributed by atoms with Gasteiger partial charge in [0.15, 0.2) is 16.7 Å². The molecule has 1 N–H and O–H groups in total. The first-order valence-corrected chi connectivity index (χ1v) is 8.95. The van der Waals surface area contributed by atoms with Gasteiger partial charge in [-0.05, 0) is 47.9 Å². The number of halogens is 1. The van der Waals surface area contributed by atoms with Crippen LogP contribution in [0.25, 0.3) is 11.3 Å². The number of rotatable bonds is 5. The van der Waals surface area contributed by atoms with E-state index >= 15 is 0 Å². The average Bonchev–Trinajstić information content (AvgIpc) is 2.55. The lowest BCUT2D eigenvalue weighted by atomic mass is 10.1. The van der Waals surface area contributed by atoms with Crippen LogP contribution in [0.2, 0.25) is 0 Å². The van der Waals surface area contributed by atoms with E-state index in [9.17, 15) is 10.1 Å². The van der Waals surface area contributed by atoms with Crippen molar-refractivity contribution in [3.63, 3.8) is 0 Å². The van der Waals surface area contributed by atoms with E-state index in [1.165, 1.54) is 11.8 Å². The highest BCUT2D eigenvalue weighted by Crippen LogP contribution is 2.37. The SMILES string of the molecule is CCOc1c(I)cc(-c2nc(SC)[nH]c(=O)c2C#N)cc1OC. The summed E-state index contributed by atoms with van der Waals surface area (Å²) in [6, 6.07) is 5.46. The lowest BCUT2D eigenvalue weighted by molar-refractivity contribution is 0.309. The molecule has 0 radical (unpaired) electrons. The van der Waals surface area contributed by atoms with Gasteiger partial charge in [0, 0.05) is 5.56 Å². The fourth-order valence-electron chi connectivity index (χ4n) is 2.00. The van der Waals surface area contributed by atoms with Gasteiger partial charge in [-0.15, -0.1) is 0 Å². The van der Waals surface area contributed by atoms with Crippen molar-refractivity contribution in [2.45, 2.75) is 12.1 Å². The number of benzene rings is 1. The molecule has 0 aliphatic heterocycles. The Bertz CT molecular complexity index is 830. The molecule has 0 aliphatic carbocycles. The third-order valence-corrected chi connectivity index (χ3v) is 4.38. The Labute approximate surface area is 151 Å². The number of aromatic nitrogens is 2. The van der Waals surface area contributed by atoms with Crippen molar-refractivity contribution < 1.29 is 9.47 Å². The number of H-pyrrole nitrogens is 1. The van der Waals surface area contributed by atoms with E-state index in [0.717, 1.165) is 3.57 Å². The third-order valence-electron chi connectivity index (χ3n) is 2.99. The van der Waals surface area contributed by atoms with Gasteiger partial charge in [-0.25, -0.2) is 4.98 Å². The molecule has 2 aromatic rings. The van der Waals surface area contributed by atoms with Crippen LogP contribution >= 0.6 is 34.4 Å². The number of nitriles is 1. The van der Waals surface area contributed by atoms with Crippen molar-refractivity contribution in [2.24, 2.45) is 0 Å². The summed E-state index contributed by atoms with van der Waals surface area (Å²) in [7, 11) is 1.54.